The van der Waals surface area contributed by atoms with Crippen LogP contribution in [-0.4, -0.2) is 12.1 Å². The van der Waals surface area contributed by atoms with Gasteiger partial charge in [0.25, 0.3) is 5.91 Å². The molecule has 3 aromatic carbocycles. The van der Waals surface area contributed by atoms with Crippen molar-refractivity contribution in [2.45, 2.75) is 6.61 Å². The molecule has 0 aliphatic carbocycles. The van der Waals surface area contributed by atoms with Gasteiger partial charge in [-0.1, -0.05) is 53.5 Å². The summed E-state index contributed by atoms with van der Waals surface area (Å²) in [6.07, 6.45) is 1.44. The predicted octanol–water partition coefficient (Wildman–Crippen LogP) is 6.60. The van der Waals surface area contributed by atoms with Crippen molar-refractivity contribution in [2.75, 3.05) is 0 Å². The van der Waals surface area contributed by atoms with Crippen LogP contribution in [0.3, 0.4) is 0 Å². The lowest BCUT2D eigenvalue weighted by molar-refractivity contribution is 0.0950. The Morgan fingerprint density at radius 1 is 0.938 bits per heavy atom. The van der Waals surface area contributed by atoms with Crippen molar-refractivity contribution in [3.8, 4) is 17.1 Å². The maximum Gasteiger partial charge on any atom is 0.275 e. The lowest BCUT2D eigenvalue weighted by atomic mass is 10.2. The number of carbonyl (C=O) groups is 1. The Kier molecular flexibility index (Phi) is 6.90. The van der Waals surface area contributed by atoms with Crippen LogP contribution in [0, 0.1) is 0 Å². The molecule has 7 heteroatoms. The van der Waals surface area contributed by atoms with E-state index in [1.807, 2.05) is 36.4 Å². The summed E-state index contributed by atoms with van der Waals surface area (Å²) in [6.45, 7) is 0.243. The molecule has 0 aliphatic heterocycles. The molecule has 32 heavy (non-hydrogen) atoms. The van der Waals surface area contributed by atoms with Gasteiger partial charge >= 0.3 is 0 Å². The summed E-state index contributed by atoms with van der Waals surface area (Å²) in [7, 11) is 0. The van der Waals surface area contributed by atoms with E-state index in [4.69, 9.17) is 32.4 Å². The van der Waals surface area contributed by atoms with E-state index in [1.165, 1.54) is 6.21 Å². The average molecular weight is 465 g/mol. The second kappa shape index (κ2) is 10.2. The minimum absolute atomic E-state index is 0.243. The van der Waals surface area contributed by atoms with Gasteiger partial charge in [0.2, 0.25) is 0 Å². The number of para-hydroxylation sites is 1. The van der Waals surface area contributed by atoms with Gasteiger partial charge < -0.3 is 9.15 Å². The molecule has 1 aromatic heterocycles. The average Bonchev–Trinajstić information content (AvgIpc) is 3.28. The number of benzene rings is 3. The van der Waals surface area contributed by atoms with E-state index >= 15 is 0 Å². The summed E-state index contributed by atoms with van der Waals surface area (Å²) in [5.41, 5.74) is 4.58. The Hall–Kier alpha value is -3.54. The van der Waals surface area contributed by atoms with Crippen LogP contribution in [-0.2, 0) is 6.61 Å². The predicted molar refractivity (Wildman–Crippen MR) is 126 cm³/mol. The van der Waals surface area contributed by atoms with E-state index in [0.717, 1.165) is 11.1 Å². The van der Waals surface area contributed by atoms with E-state index in [0.29, 0.717) is 32.9 Å². The van der Waals surface area contributed by atoms with Crippen LogP contribution < -0.4 is 10.2 Å². The summed E-state index contributed by atoms with van der Waals surface area (Å²) in [4.78, 5) is 12.6. The highest BCUT2D eigenvalue weighted by atomic mass is 35.5. The smallest absolute Gasteiger partial charge is 0.275 e. The minimum atomic E-state index is -0.402. The van der Waals surface area contributed by atoms with Crippen LogP contribution in [0.25, 0.3) is 11.3 Å². The number of ether oxygens (including phenoxy) is 1. The highest BCUT2D eigenvalue weighted by molar-refractivity contribution is 6.31. The maximum atomic E-state index is 12.6. The maximum absolute atomic E-state index is 12.6. The van der Waals surface area contributed by atoms with Crippen LogP contribution in [0.1, 0.15) is 21.7 Å². The standard InChI is InChI=1S/C25H18Cl2N2O3/c26-19-11-9-17(10-12-19)23-14-13-20(32-23)15-28-29-25(30)21-6-2-4-8-24(21)31-16-18-5-1-3-7-22(18)27/h1-15H,16H2,(H,29,30)/b28-15+. The molecule has 0 saturated carbocycles. The fourth-order valence-electron chi connectivity index (χ4n) is 2.96. The third-order valence-electron chi connectivity index (χ3n) is 4.59. The minimum Gasteiger partial charge on any atom is -0.488 e. The van der Waals surface area contributed by atoms with Gasteiger partial charge in [0.15, 0.2) is 0 Å². The van der Waals surface area contributed by atoms with Gasteiger partial charge in [0.05, 0.1) is 11.8 Å². The molecule has 0 radical (unpaired) electrons. The first kappa shape index (κ1) is 21.7. The highest BCUT2D eigenvalue weighted by Gasteiger charge is 2.12. The quantitative estimate of drug-likeness (QED) is 0.247. The normalized spacial score (nSPS) is 10.9. The van der Waals surface area contributed by atoms with Crippen molar-refractivity contribution in [3.05, 3.63) is 112 Å². The molecule has 0 atom stereocenters. The lowest BCUT2D eigenvalue weighted by Crippen LogP contribution is -2.18. The number of halogens is 2. The molecule has 5 nitrogen and oxygen atoms in total. The monoisotopic (exact) mass is 464 g/mol. The van der Waals surface area contributed by atoms with Gasteiger partial charge in [-0.2, -0.15) is 5.10 Å². The van der Waals surface area contributed by atoms with E-state index < -0.39 is 5.91 Å². The number of hydrogen-bond acceptors (Lipinski definition) is 4. The molecular weight excluding hydrogens is 447 g/mol. The largest absolute Gasteiger partial charge is 0.488 e. The number of rotatable bonds is 7. The van der Waals surface area contributed by atoms with Gasteiger partial charge in [-0.3, -0.25) is 4.79 Å². The molecule has 1 N–H and O–H groups in total. The highest BCUT2D eigenvalue weighted by Crippen LogP contribution is 2.24. The number of hydrogen-bond donors (Lipinski definition) is 1. The number of carbonyl (C=O) groups excluding carboxylic acids is 1. The molecule has 4 aromatic rings. The van der Waals surface area contributed by atoms with Crippen molar-refractivity contribution < 1.29 is 13.9 Å². The molecular formula is C25H18Cl2N2O3. The van der Waals surface area contributed by atoms with Gasteiger partial charge in [-0.05, 0) is 54.6 Å². The van der Waals surface area contributed by atoms with Crippen molar-refractivity contribution in [3.63, 3.8) is 0 Å². The first-order chi connectivity index (χ1) is 15.6. The molecule has 1 amide bonds. The summed E-state index contributed by atoms with van der Waals surface area (Å²) in [5.74, 6) is 1.20. The third kappa shape index (κ3) is 5.38. The van der Waals surface area contributed by atoms with Gasteiger partial charge in [0.1, 0.15) is 23.9 Å². The molecule has 0 unspecified atom stereocenters. The third-order valence-corrected chi connectivity index (χ3v) is 5.21. The second-order valence-corrected chi connectivity index (χ2v) is 7.63. The van der Waals surface area contributed by atoms with Crippen molar-refractivity contribution in [2.24, 2.45) is 5.10 Å². The number of nitrogens with one attached hydrogen (secondary N) is 1. The molecule has 0 aliphatic rings. The number of furan rings is 1. The first-order valence-electron chi connectivity index (χ1n) is 9.74. The topological polar surface area (TPSA) is 63.8 Å². The summed E-state index contributed by atoms with van der Waals surface area (Å²) in [5, 5.41) is 5.26. The second-order valence-electron chi connectivity index (χ2n) is 6.78. The Labute approximate surface area is 195 Å². The van der Waals surface area contributed by atoms with Crippen molar-refractivity contribution >= 4 is 35.3 Å². The Bertz CT molecular complexity index is 1250. The van der Waals surface area contributed by atoms with Gasteiger partial charge in [-0.25, -0.2) is 5.43 Å². The zero-order valence-electron chi connectivity index (χ0n) is 16.8. The van der Waals surface area contributed by atoms with Crippen LogP contribution in [0.2, 0.25) is 10.0 Å². The zero-order valence-corrected chi connectivity index (χ0v) is 18.3. The van der Waals surface area contributed by atoms with E-state index in [9.17, 15) is 4.79 Å². The number of nitrogens with zero attached hydrogens (tertiary/aromatic N) is 1. The summed E-state index contributed by atoms with van der Waals surface area (Å²) in [6, 6.07) is 25.2. The van der Waals surface area contributed by atoms with E-state index in [1.54, 1.807) is 48.5 Å². The summed E-state index contributed by atoms with van der Waals surface area (Å²) < 4.78 is 11.6. The fourth-order valence-corrected chi connectivity index (χ4v) is 3.27. The van der Waals surface area contributed by atoms with Crippen molar-refractivity contribution in [1.29, 1.82) is 0 Å². The number of amides is 1. The Morgan fingerprint density at radius 3 is 2.50 bits per heavy atom. The van der Waals surface area contributed by atoms with Crippen LogP contribution in [0.15, 0.2) is 94.4 Å². The zero-order chi connectivity index (χ0) is 22.3. The molecule has 0 spiro atoms. The molecule has 4 rings (SSSR count). The van der Waals surface area contributed by atoms with Gasteiger partial charge in [-0.15, -0.1) is 0 Å². The van der Waals surface area contributed by atoms with Crippen molar-refractivity contribution in [1.82, 2.24) is 5.43 Å². The Morgan fingerprint density at radius 2 is 1.69 bits per heavy atom. The SMILES string of the molecule is O=C(N/N=C/c1ccc(-c2ccc(Cl)cc2)o1)c1ccccc1OCc1ccccc1Cl. The van der Waals surface area contributed by atoms with Crippen LogP contribution >= 0.6 is 23.2 Å². The molecule has 160 valence electrons. The molecule has 0 bridgehead atoms. The molecule has 0 fully saturated rings. The van der Waals surface area contributed by atoms with Gasteiger partial charge in [0, 0.05) is 21.2 Å². The van der Waals surface area contributed by atoms with E-state index in [-0.39, 0.29) is 6.61 Å². The molecule has 1 heterocycles. The fraction of sp³-hybridized carbons (Fsp3) is 0.0400. The number of hydrazone groups is 1. The lowest BCUT2D eigenvalue weighted by Gasteiger charge is -2.11. The van der Waals surface area contributed by atoms with E-state index in [2.05, 4.69) is 10.5 Å². The van der Waals surface area contributed by atoms with Crippen LogP contribution in [0.5, 0.6) is 5.75 Å². The first-order valence-corrected chi connectivity index (χ1v) is 10.5. The van der Waals surface area contributed by atoms with Crippen LogP contribution in [0.4, 0.5) is 0 Å². The summed E-state index contributed by atoms with van der Waals surface area (Å²) >= 11 is 12.1. The Balaban J connectivity index is 1.40. The molecule has 0 saturated heterocycles.